The van der Waals surface area contributed by atoms with Crippen molar-refractivity contribution in [3.05, 3.63) is 58.4 Å². The second-order valence-electron chi connectivity index (χ2n) is 3.28. The van der Waals surface area contributed by atoms with Crippen molar-refractivity contribution >= 4 is 5.82 Å². The highest BCUT2D eigenvalue weighted by Crippen LogP contribution is 2.05. The van der Waals surface area contributed by atoms with Gasteiger partial charge in [0.25, 0.3) is 5.56 Å². The predicted molar refractivity (Wildman–Crippen MR) is 58.6 cm³/mol. The molecule has 0 aliphatic carbocycles. The molecule has 1 aromatic carbocycles. The van der Waals surface area contributed by atoms with Gasteiger partial charge in [0, 0.05) is 12.6 Å². The maximum absolute atomic E-state index is 12.9. The minimum atomic E-state index is -0.279. The fraction of sp³-hybridized carbons (Fsp3) is 0.0909. The average molecular weight is 219 g/mol. The third kappa shape index (κ3) is 2.66. The fourth-order valence-corrected chi connectivity index (χ4v) is 1.30. The van der Waals surface area contributed by atoms with Crippen LogP contribution in [-0.4, -0.2) is 9.97 Å². The van der Waals surface area contributed by atoms with Crippen molar-refractivity contribution in [2.24, 2.45) is 0 Å². The van der Waals surface area contributed by atoms with Crippen LogP contribution in [-0.2, 0) is 6.54 Å². The minimum absolute atomic E-state index is 0.225. The Balaban J connectivity index is 2.05. The fourth-order valence-electron chi connectivity index (χ4n) is 1.30. The van der Waals surface area contributed by atoms with E-state index in [1.165, 1.54) is 24.5 Å². The van der Waals surface area contributed by atoms with Gasteiger partial charge in [-0.15, -0.1) is 0 Å². The summed E-state index contributed by atoms with van der Waals surface area (Å²) in [5, 5.41) is 2.93. The molecule has 82 valence electrons. The van der Waals surface area contributed by atoms with Gasteiger partial charge in [0.15, 0.2) is 0 Å². The molecule has 16 heavy (non-hydrogen) atoms. The maximum Gasteiger partial charge on any atom is 0.252 e. The van der Waals surface area contributed by atoms with E-state index >= 15 is 0 Å². The van der Waals surface area contributed by atoms with E-state index in [0.29, 0.717) is 12.4 Å². The molecule has 0 atom stereocenters. The lowest BCUT2D eigenvalue weighted by Crippen LogP contribution is -2.08. The highest BCUT2D eigenvalue weighted by molar-refractivity contribution is 5.33. The second-order valence-corrected chi connectivity index (χ2v) is 3.28. The Morgan fingerprint density at radius 3 is 3.00 bits per heavy atom. The van der Waals surface area contributed by atoms with Gasteiger partial charge in [0.05, 0.1) is 6.33 Å². The van der Waals surface area contributed by atoms with Crippen LogP contribution >= 0.6 is 0 Å². The quantitative estimate of drug-likeness (QED) is 0.822. The molecule has 0 spiro atoms. The van der Waals surface area contributed by atoms with E-state index in [0.717, 1.165) is 5.56 Å². The molecule has 0 saturated carbocycles. The number of anilines is 1. The highest BCUT2D eigenvalue weighted by Gasteiger charge is 1.97. The summed E-state index contributed by atoms with van der Waals surface area (Å²) in [5.74, 6) is 0.186. The number of H-pyrrole nitrogens is 1. The van der Waals surface area contributed by atoms with Gasteiger partial charge in [0.1, 0.15) is 11.6 Å². The SMILES string of the molecule is O=c1cc(NCc2cccc(F)c2)nc[nH]1. The maximum atomic E-state index is 12.9. The van der Waals surface area contributed by atoms with Crippen molar-refractivity contribution in [2.45, 2.75) is 6.54 Å². The summed E-state index contributed by atoms with van der Waals surface area (Å²) in [6.07, 6.45) is 1.32. The van der Waals surface area contributed by atoms with Gasteiger partial charge >= 0.3 is 0 Å². The average Bonchev–Trinajstić information content (AvgIpc) is 2.27. The van der Waals surface area contributed by atoms with Crippen LogP contribution in [0.5, 0.6) is 0 Å². The van der Waals surface area contributed by atoms with E-state index in [2.05, 4.69) is 15.3 Å². The molecule has 0 bridgehead atoms. The molecule has 0 unspecified atom stereocenters. The molecular formula is C11H10FN3O. The van der Waals surface area contributed by atoms with E-state index in [1.54, 1.807) is 12.1 Å². The standard InChI is InChI=1S/C11H10FN3O/c12-9-3-1-2-8(4-9)6-13-10-5-11(16)15-7-14-10/h1-5,7H,6H2,(H2,13,14,15,16). The Kier molecular flexibility index (Phi) is 2.95. The number of nitrogens with one attached hydrogen (secondary N) is 2. The number of nitrogens with zero attached hydrogens (tertiary/aromatic N) is 1. The number of hydrogen-bond acceptors (Lipinski definition) is 3. The summed E-state index contributed by atoms with van der Waals surface area (Å²) in [5.41, 5.74) is 0.568. The zero-order valence-electron chi connectivity index (χ0n) is 8.40. The van der Waals surface area contributed by atoms with E-state index in [4.69, 9.17) is 0 Å². The van der Waals surface area contributed by atoms with E-state index < -0.39 is 0 Å². The van der Waals surface area contributed by atoms with E-state index in [-0.39, 0.29) is 11.4 Å². The summed E-state index contributed by atoms with van der Waals surface area (Å²) in [7, 11) is 0. The number of benzene rings is 1. The van der Waals surface area contributed by atoms with Crippen molar-refractivity contribution < 1.29 is 4.39 Å². The van der Waals surface area contributed by atoms with Crippen LogP contribution in [0.3, 0.4) is 0 Å². The van der Waals surface area contributed by atoms with Crippen LogP contribution < -0.4 is 10.9 Å². The van der Waals surface area contributed by atoms with Crippen LogP contribution in [0.4, 0.5) is 10.2 Å². The van der Waals surface area contributed by atoms with Crippen molar-refractivity contribution in [1.82, 2.24) is 9.97 Å². The van der Waals surface area contributed by atoms with Gasteiger partial charge in [-0.3, -0.25) is 4.79 Å². The smallest absolute Gasteiger partial charge is 0.252 e. The normalized spacial score (nSPS) is 10.1. The molecule has 0 fully saturated rings. The van der Waals surface area contributed by atoms with Crippen LogP contribution in [0.25, 0.3) is 0 Å². The second kappa shape index (κ2) is 4.57. The van der Waals surface area contributed by atoms with Crippen LogP contribution in [0.15, 0.2) is 41.5 Å². The molecule has 0 radical (unpaired) electrons. The van der Waals surface area contributed by atoms with Gasteiger partial charge in [-0.05, 0) is 17.7 Å². The predicted octanol–water partition coefficient (Wildman–Crippen LogP) is 1.52. The molecule has 1 heterocycles. The van der Waals surface area contributed by atoms with Crippen molar-refractivity contribution in [2.75, 3.05) is 5.32 Å². The number of aromatic nitrogens is 2. The molecule has 0 amide bonds. The molecule has 2 rings (SSSR count). The van der Waals surface area contributed by atoms with Crippen LogP contribution in [0.2, 0.25) is 0 Å². The Bertz CT molecular complexity index is 539. The molecule has 5 heteroatoms. The molecule has 0 saturated heterocycles. The van der Waals surface area contributed by atoms with Crippen molar-refractivity contribution in [1.29, 1.82) is 0 Å². The molecule has 0 aliphatic rings. The summed E-state index contributed by atoms with van der Waals surface area (Å²) in [4.78, 5) is 17.3. The Labute approximate surface area is 91.2 Å². The highest BCUT2D eigenvalue weighted by atomic mass is 19.1. The third-order valence-corrected chi connectivity index (χ3v) is 2.04. The van der Waals surface area contributed by atoms with Crippen molar-refractivity contribution in [3.63, 3.8) is 0 Å². The Morgan fingerprint density at radius 1 is 1.38 bits per heavy atom. The summed E-state index contributed by atoms with van der Waals surface area (Å²) < 4.78 is 12.9. The Hall–Kier alpha value is -2.17. The van der Waals surface area contributed by atoms with Crippen LogP contribution in [0, 0.1) is 5.82 Å². The molecule has 4 nitrogen and oxygen atoms in total. The first-order valence-corrected chi connectivity index (χ1v) is 4.77. The van der Waals surface area contributed by atoms with E-state index in [1.807, 2.05) is 0 Å². The number of hydrogen-bond donors (Lipinski definition) is 2. The largest absolute Gasteiger partial charge is 0.366 e. The van der Waals surface area contributed by atoms with Gasteiger partial charge in [0.2, 0.25) is 0 Å². The number of halogens is 1. The van der Waals surface area contributed by atoms with E-state index in [9.17, 15) is 9.18 Å². The molecule has 1 aromatic heterocycles. The topological polar surface area (TPSA) is 57.8 Å². The molecule has 0 aliphatic heterocycles. The molecule has 2 aromatic rings. The van der Waals surface area contributed by atoms with Crippen molar-refractivity contribution in [3.8, 4) is 0 Å². The third-order valence-electron chi connectivity index (χ3n) is 2.04. The summed E-state index contributed by atoms with van der Waals surface area (Å²) >= 11 is 0. The first kappa shape index (κ1) is 10.4. The van der Waals surface area contributed by atoms with Gasteiger partial charge in [-0.1, -0.05) is 12.1 Å². The van der Waals surface area contributed by atoms with Crippen LogP contribution in [0.1, 0.15) is 5.56 Å². The summed E-state index contributed by atoms with van der Waals surface area (Å²) in [6.45, 7) is 0.425. The van der Waals surface area contributed by atoms with Gasteiger partial charge < -0.3 is 10.3 Å². The lowest BCUT2D eigenvalue weighted by Gasteiger charge is -2.04. The number of aromatic amines is 1. The van der Waals surface area contributed by atoms with Gasteiger partial charge in [-0.2, -0.15) is 0 Å². The molecular weight excluding hydrogens is 209 g/mol. The lowest BCUT2D eigenvalue weighted by atomic mass is 10.2. The van der Waals surface area contributed by atoms with Gasteiger partial charge in [-0.25, -0.2) is 9.37 Å². The zero-order chi connectivity index (χ0) is 11.4. The lowest BCUT2D eigenvalue weighted by molar-refractivity contribution is 0.626. The summed E-state index contributed by atoms with van der Waals surface area (Å²) in [6, 6.07) is 7.59. The zero-order valence-corrected chi connectivity index (χ0v) is 8.40. The minimum Gasteiger partial charge on any atom is -0.366 e. The Morgan fingerprint density at radius 2 is 2.25 bits per heavy atom. The molecule has 2 N–H and O–H groups in total. The first-order chi connectivity index (χ1) is 7.74. The monoisotopic (exact) mass is 219 g/mol. The first-order valence-electron chi connectivity index (χ1n) is 4.77. The number of rotatable bonds is 3.